The van der Waals surface area contributed by atoms with Gasteiger partial charge in [-0.25, -0.2) is 0 Å². The fourth-order valence-corrected chi connectivity index (χ4v) is 5.18. The summed E-state index contributed by atoms with van der Waals surface area (Å²) in [4.78, 5) is 4.53. The molecule has 5 nitrogen and oxygen atoms in total. The number of para-hydroxylation sites is 2. The van der Waals surface area contributed by atoms with Crippen LogP contribution >= 0.6 is 0 Å². The fourth-order valence-electron chi connectivity index (χ4n) is 5.18. The van der Waals surface area contributed by atoms with Gasteiger partial charge in [0.05, 0.1) is 5.52 Å². The molecule has 0 aliphatic heterocycles. The molecule has 1 aliphatic rings. The molecule has 0 atom stereocenters. The van der Waals surface area contributed by atoms with Crippen molar-refractivity contribution in [2.75, 3.05) is 0 Å². The Kier molecular flexibility index (Phi) is 4.84. The number of fused-ring (bicyclic) bond motifs is 3. The van der Waals surface area contributed by atoms with Gasteiger partial charge in [-0.2, -0.15) is 0 Å². The Hall–Kier alpha value is -4.77. The minimum atomic E-state index is 0.720. The highest BCUT2D eigenvalue weighted by atomic mass is 15.3. The van der Waals surface area contributed by atoms with Crippen molar-refractivity contribution in [3.63, 3.8) is 0 Å². The van der Waals surface area contributed by atoms with Crippen LogP contribution < -0.4 is 0 Å². The van der Waals surface area contributed by atoms with E-state index in [1.807, 2.05) is 36.4 Å². The lowest BCUT2D eigenvalue weighted by molar-refractivity contribution is 0.888. The molecule has 0 bridgehead atoms. The molecule has 7 rings (SSSR count). The minimum Gasteiger partial charge on any atom is -0.313 e. The molecule has 3 aromatic heterocycles. The van der Waals surface area contributed by atoms with Gasteiger partial charge >= 0.3 is 0 Å². The van der Waals surface area contributed by atoms with Gasteiger partial charge in [0, 0.05) is 39.8 Å². The van der Waals surface area contributed by atoms with E-state index >= 15 is 0 Å². The molecule has 3 heterocycles. The summed E-state index contributed by atoms with van der Waals surface area (Å²) in [5.74, 6) is 1.51. The molecule has 0 saturated carbocycles. The highest BCUT2D eigenvalue weighted by Crippen LogP contribution is 2.35. The fraction of sp³-hybridized carbons (Fsp3) is 0.0645. The second kappa shape index (κ2) is 8.47. The molecule has 0 N–H and O–H groups in total. The van der Waals surface area contributed by atoms with Crippen LogP contribution in [0.5, 0.6) is 0 Å². The normalized spacial score (nSPS) is 12.7. The van der Waals surface area contributed by atoms with E-state index in [2.05, 4.69) is 97.1 Å². The minimum absolute atomic E-state index is 0.720. The highest BCUT2D eigenvalue weighted by molar-refractivity contribution is 5.93. The van der Waals surface area contributed by atoms with Gasteiger partial charge in [0.2, 0.25) is 0 Å². The first-order valence-electron chi connectivity index (χ1n) is 12.2. The van der Waals surface area contributed by atoms with Crippen molar-refractivity contribution in [3.8, 4) is 34.3 Å². The van der Waals surface area contributed by atoms with Crippen molar-refractivity contribution in [2.45, 2.75) is 12.8 Å². The van der Waals surface area contributed by atoms with Crippen molar-refractivity contribution in [3.05, 3.63) is 121 Å². The van der Waals surface area contributed by atoms with Gasteiger partial charge in [-0.15, -0.1) is 10.2 Å². The third kappa shape index (κ3) is 3.28. The molecule has 0 fully saturated rings. The summed E-state index contributed by atoms with van der Waals surface area (Å²) in [6, 6.07) is 33.4. The van der Waals surface area contributed by atoms with Crippen molar-refractivity contribution >= 4 is 17.0 Å². The molecular formula is C31H23N5. The van der Waals surface area contributed by atoms with Crippen molar-refractivity contribution in [1.82, 2.24) is 24.3 Å². The lowest BCUT2D eigenvalue weighted by Crippen LogP contribution is -2.03. The maximum atomic E-state index is 4.61. The van der Waals surface area contributed by atoms with Gasteiger partial charge < -0.3 is 4.57 Å². The average molecular weight is 466 g/mol. The molecule has 172 valence electrons. The van der Waals surface area contributed by atoms with Gasteiger partial charge in [-0.1, -0.05) is 54.6 Å². The smallest absolute Gasteiger partial charge is 0.187 e. The van der Waals surface area contributed by atoms with E-state index in [-0.39, 0.29) is 0 Å². The van der Waals surface area contributed by atoms with E-state index in [1.54, 1.807) is 6.20 Å². The molecule has 0 spiro atoms. The Morgan fingerprint density at radius 3 is 2.22 bits per heavy atom. The largest absolute Gasteiger partial charge is 0.313 e. The summed E-state index contributed by atoms with van der Waals surface area (Å²) >= 11 is 0. The van der Waals surface area contributed by atoms with Crippen LogP contribution in [0.3, 0.4) is 0 Å². The number of rotatable bonds is 4. The second-order valence-electron chi connectivity index (χ2n) is 8.93. The SMILES string of the molecule is C1=Cc2c(n(-c3ccc(-c4nnc(-c5ccccn5)n4-c4ccccc4)cc3)c3ccccc23)CC1. The lowest BCUT2D eigenvalue weighted by atomic mass is 10.0. The molecule has 0 amide bonds. The molecule has 6 aromatic rings. The average Bonchev–Trinajstić information content (AvgIpc) is 3.54. The summed E-state index contributed by atoms with van der Waals surface area (Å²) < 4.78 is 4.48. The van der Waals surface area contributed by atoms with E-state index < -0.39 is 0 Å². The maximum absolute atomic E-state index is 4.61. The lowest BCUT2D eigenvalue weighted by Gasteiger charge is -2.14. The summed E-state index contributed by atoms with van der Waals surface area (Å²) in [6.45, 7) is 0. The van der Waals surface area contributed by atoms with E-state index in [4.69, 9.17) is 0 Å². The number of hydrogen-bond donors (Lipinski definition) is 0. The molecule has 3 aromatic carbocycles. The van der Waals surface area contributed by atoms with Crippen molar-refractivity contribution in [2.24, 2.45) is 0 Å². The maximum Gasteiger partial charge on any atom is 0.187 e. The van der Waals surface area contributed by atoms with Crippen molar-refractivity contribution in [1.29, 1.82) is 0 Å². The number of hydrogen-bond acceptors (Lipinski definition) is 3. The Morgan fingerprint density at radius 2 is 1.39 bits per heavy atom. The highest BCUT2D eigenvalue weighted by Gasteiger charge is 2.20. The molecule has 36 heavy (non-hydrogen) atoms. The van der Waals surface area contributed by atoms with Crippen LogP contribution in [0, 0.1) is 0 Å². The molecule has 0 unspecified atom stereocenters. The number of allylic oxidation sites excluding steroid dienone is 1. The summed E-state index contributed by atoms with van der Waals surface area (Å²) in [5, 5.41) is 10.5. The van der Waals surface area contributed by atoms with Crippen LogP contribution in [-0.4, -0.2) is 24.3 Å². The zero-order chi connectivity index (χ0) is 23.9. The predicted octanol–water partition coefficient (Wildman–Crippen LogP) is 6.90. The van der Waals surface area contributed by atoms with Crippen LogP contribution in [0.15, 0.2) is 109 Å². The third-order valence-electron chi connectivity index (χ3n) is 6.80. The first-order valence-corrected chi connectivity index (χ1v) is 12.2. The Labute approximate surface area is 209 Å². The van der Waals surface area contributed by atoms with Gasteiger partial charge in [0.1, 0.15) is 5.69 Å². The van der Waals surface area contributed by atoms with Gasteiger partial charge in [-0.3, -0.25) is 9.55 Å². The van der Waals surface area contributed by atoms with Crippen LogP contribution in [0.2, 0.25) is 0 Å². The Morgan fingerprint density at radius 1 is 0.639 bits per heavy atom. The first kappa shape index (κ1) is 20.6. The molecule has 5 heteroatoms. The number of pyridine rings is 1. The number of nitrogens with zero attached hydrogens (tertiary/aromatic N) is 5. The van der Waals surface area contributed by atoms with Crippen LogP contribution in [0.4, 0.5) is 0 Å². The number of aromatic nitrogens is 5. The molecule has 0 radical (unpaired) electrons. The quantitative estimate of drug-likeness (QED) is 0.285. The topological polar surface area (TPSA) is 48.5 Å². The summed E-state index contributed by atoms with van der Waals surface area (Å²) in [5.41, 5.74) is 7.90. The Bertz CT molecular complexity index is 1710. The molecule has 0 saturated heterocycles. The number of benzene rings is 3. The van der Waals surface area contributed by atoms with Crippen molar-refractivity contribution < 1.29 is 0 Å². The van der Waals surface area contributed by atoms with E-state index in [0.29, 0.717) is 0 Å². The molecule has 1 aliphatic carbocycles. The second-order valence-corrected chi connectivity index (χ2v) is 8.93. The van der Waals surface area contributed by atoms with Crippen LogP contribution in [-0.2, 0) is 6.42 Å². The van der Waals surface area contributed by atoms with Crippen LogP contribution in [0.1, 0.15) is 17.7 Å². The third-order valence-corrected chi connectivity index (χ3v) is 6.80. The zero-order valence-electron chi connectivity index (χ0n) is 19.6. The zero-order valence-corrected chi connectivity index (χ0v) is 19.6. The first-order chi connectivity index (χ1) is 17.9. The van der Waals surface area contributed by atoms with Crippen LogP contribution in [0.25, 0.3) is 51.3 Å². The van der Waals surface area contributed by atoms with Gasteiger partial charge in [0.25, 0.3) is 0 Å². The van der Waals surface area contributed by atoms with Gasteiger partial charge in [0.15, 0.2) is 11.6 Å². The van der Waals surface area contributed by atoms with E-state index in [0.717, 1.165) is 47.1 Å². The predicted molar refractivity (Wildman–Crippen MR) is 144 cm³/mol. The summed E-state index contributed by atoms with van der Waals surface area (Å²) in [7, 11) is 0. The Balaban J connectivity index is 1.37. The monoisotopic (exact) mass is 465 g/mol. The standard InChI is InChI=1S/C31H23N5/c1-2-10-23(11-3-1)36-30(33-34-31(36)27-14-8-9-21-32-27)22-17-19-24(20-18-22)35-28-15-6-4-12-25(28)26-13-5-7-16-29(26)35/h1-6,8-15,17-21H,7,16H2. The van der Waals surface area contributed by atoms with E-state index in [9.17, 15) is 0 Å². The van der Waals surface area contributed by atoms with E-state index in [1.165, 1.54) is 22.2 Å². The molecular weight excluding hydrogens is 442 g/mol. The van der Waals surface area contributed by atoms with Gasteiger partial charge in [-0.05, 0) is 67.4 Å². The summed E-state index contributed by atoms with van der Waals surface area (Å²) in [6.07, 6.45) is 8.44.